The number of aliphatic hydroxyl groups excluding tert-OH is 1. The Balaban J connectivity index is 1.39. The van der Waals surface area contributed by atoms with E-state index in [-0.39, 0.29) is 34.9 Å². The zero-order valence-corrected chi connectivity index (χ0v) is 22.0. The number of ether oxygens (including phenoxy) is 2. The average Bonchev–Trinajstić information content (AvgIpc) is 3.42. The first-order valence-corrected chi connectivity index (χ1v) is 13.8. The second-order valence-electron chi connectivity index (χ2n) is 10.3. The molecule has 1 N–H and O–H groups in total. The van der Waals surface area contributed by atoms with E-state index in [0.29, 0.717) is 12.8 Å². The lowest BCUT2D eigenvalue weighted by Gasteiger charge is -2.41. The first kappa shape index (κ1) is 25.6. The summed E-state index contributed by atoms with van der Waals surface area (Å²) in [5.74, 6) is -0.434. The minimum absolute atomic E-state index is 0.0629. The maximum Gasteiger partial charge on any atom is 0.349 e. The van der Waals surface area contributed by atoms with E-state index >= 15 is 0 Å². The Morgan fingerprint density at radius 3 is 2.70 bits per heavy atom. The van der Waals surface area contributed by atoms with Crippen molar-refractivity contribution < 1.29 is 23.8 Å². The number of aliphatic hydroxyl groups is 1. The molecular weight excluding hydrogens is 489 g/mol. The van der Waals surface area contributed by atoms with Gasteiger partial charge < -0.3 is 14.6 Å². The molecular formula is C30H32FNO4S. The molecule has 1 aliphatic carbocycles. The Labute approximate surface area is 221 Å². The summed E-state index contributed by atoms with van der Waals surface area (Å²) in [7, 11) is 0. The fraction of sp³-hybridized carbons (Fsp3) is 0.400. The summed E-state index contributed by atoms with van der Waals surface area (Å²) in [6, 6.07) is 14.6. The highest BCUT2D eigenvalue weighted by atomic mass is 32.2. The van der Waals surface area contributed by atoms with E-state index in [1.54, 1.807) is 12.3 Å². The summed E-state index contributed by atoms with van der Waals surface area (Å²) in [6.07, 6.45) is 6.98. The molecule has 194 valence electrons. The van der Waals surface area contributed by atoms with Crippen LogP contribution >= 0.6 is 11.8 Å². The number of pyridine rings is 1. The lowest BCUT2D eigenvalue weighted by molar-refractivity contribution is -0.166. The average molecular weight is 522 g/mol. The first-order chi connectivity index (χ1) is 17.8. The number of aromatic nitrogens is 1. The van der Waals surface area contributed by atoms with Gasteiger partial charge in [-0.2, -0.15) is 0 Å². The van der Waals surface area contributed by atoms with E-state index in [9.17, 15) is 14.3 Å². The number of hydrogen-bond donors (Lipinski definition) is 1. The van der Waals surface area contributed by atoms with Crippen LogP contribution in [0.1, 0.15) is 57.9 Å². The van der Waals surface area contributed by atoms with Crippen molar-refractivity contribution in [3.05, 3.63) is 76.8 Å². The van der Waals surface area contributed by atoms with E-state index in [1.165, 1.54) is 17.8 Å². The molecule has 3 aromatic rings. The molecule has 2 aliphatic rings. The van der Waals surface area contributed by atoms with Crippen molar-refractivity contribution in [2.75, 3.05) is 0 Å². The molecule has 0 spiro atoms. The zero-order valence-electron chi connectivity index (χ0n) is 21.2. The molecule has 7 heteroatoms. The number of carbonyl (C=O) groups is 1. The Morgan fingerprint density at radius 1 is 1.19 bits per heavy atom. The molecule has 1 aromatic heterocycles. The van der Waals surface area contributed by atoms with Gasteiger partial charge in [0.2, 0.25) is 0 Å². The predicted molar refractivity (Wildman–Crippen MR) is 143 cm³/mol. The monoisotopic (exact) mass is 521 g/mol. The number of halogens is 1. The minimum atomic E-state index is -0.803. The highest BCUT2D eigenvalue weighted by Crippen LogP contribution is 2.48. The smallest absolute Gasteiger partial charge is 0.349 e. The number of cyclic esters (lactones) is 1. The number of thioether (sulfide) groups is 1. The summed E-state index contributed by atoms with van der Waals surface area (Å²) >= 11 is 1.21. The van der Waals surface area contributed by atoms with Crippen LogP contribution in [-0.4, -0.2) is 27.8 Å². The number of benzene rings is 2. The number of rotatable bonds is 8. The van der Waals surface area contributed by atoms with Crippen LogP contribution in [0.5, 0.6) is 5.75 Å². The van der Waals surface area contributed by atoms with Crippen LogP contribution in [0.2, 0.25) is 0 Å². The Kier molecular flexibility index (Phi) is 7.43. The van der Waals surface area contributed by atoms with E-state index in [1.807, 2.05) is 50.2 Å². The van der Waals surface area contributed by atoms with Crippen molar-refractivity contribution >= 4 is 28.6 Å². The lowest BCUT2D eigenvalue weighted by Crippen LogP contribution is -2.45. The summed E-state index contributed by atoms with van der Waals surface area (Å²) in [5, 5.41) is 12.2. The van der Waals surface area contributed by atoms with Crippen molar-refractivity contribution in [1.29, 1.82) is 0 Å². The lowest BCUT2D eigenvalue weighted by atomic mass is 9.77. The molecule has 1 unspecified atom stereocenters. The number of hydrogen-bond acceptors (Lipinski definition) is 6. The molecule has 5 rings (SSSR count). The number of aryl methyl sites for hydroxylation is 1. The number of nitrogens with zero attached hydrogens (tertiary/aromatic N) is 1. The van der Waals surface area contributed by atoms with Gasteiger partial charge in [-0.1, -0.05) is 48.9 Å². The molecule has 1 atom stereocenters. The van der Waals surface area contributed by atoms with Crippen LogP contribution < -0.4 is 4.74 Å². The quantitative estimate of drug-likeness (QED) is 0.309. The van der Waals surface area contributed by atoms with Gasteiger partial charge in [0.25, 0.3) is 0 Å². The van der Waals surface area contributed by atoms with Crippen LogP contribution in [0.4, 0.5) is 4.39 Å². The van der Waals surface area contributed by atoms with E-state index < -0.39 is 17.4 Å². The molecule has 0 amide bonds. The van der Waals surface area contributed by atoms with Gasteiger partial charge in [-0.15, -0.1) is 0 Å². The van der Waals surface area contributed by atoms with Gasteiger partial charge in [0.1, 0.15) is 16.3 Å². The molecule has 1 aliphatic heterocycles. The van der Waals surface area contributed by atoms with Crippen LogP contribution in [0.3, 0.4) is 0 Å². The van der Waals surface area contributed by atoms with Crippen LogP contribution in [0.25, 0.3) is 10.9 Å². The van der Waals surface area contributed by atoms with Crippen LogP contribution in [-0.2, 0) is 16.0 Å². The van der Waals surface area contributed by atoms with E-state index in [0.717, 1.165) is 47.0 Å². The third kappa shape index (κ3) is 5.47. The fourth-order valence-corrected chi connectivity index (χ4v) is 6.49. The topological polar surface area (TPSA) is 68.7 Å². The number of carbonyl (C=O) groups excluding carboxylic acids is 1. The Morgan fingerprint density at radius 2 is 1.97 bits per heavy atom. The van der Waals surface area contributed by atoms with Crippen LogP contribution in [0.15, 0.2) is 70.3 Å². The second kappa shape index (κ2) is 10.7. The zero-order chi connectivity index (χ0) is 26.0. The summed E-state index contributed by atoms with van der Waals surface area (Å²) < 4.78 is 26.4. The normalized spacial score (nSPS) is 20.6. The molecule has 1 fully saturated rings. The fourth-order valence-electron chi connectivity index (χ4n) is 5.55. The van der Waals surface area contributed by atoms with Crippen molar-refractivity contribution in [3.8, 4) is 5.75 Å². The maximum absolute atomic E-state index is 14.6. The number of para-hydroxylation sites is 1. The first-order valence-electron chi connectivity index (χ1n) is 13.0. The van der Waals surface area contributed by atoms with Gasteiger partial charge in [-0.25, -0.2) is 9.18 Å². The van der Waals surface area contributed by atoms with Crippen molar-refractivity contribution in [1.82, 2.24) is 4.98 Å². The number of esters is 1. The SMILES string of the molecule is CC(C)Oc1ccc(CCC2(C3CCCC3)CC(O)=C(Sc3cccc4cccnc34)C(=O)O2)cc1F. The van der Waals surface area contributed by atoms with E-state index in [4.69, 9.17) is 9.47 Å². The molecule has 1 saturated carbocycles. The third-order valence-corrected chi connectivity index (χ3v) is 8.47. The molecule has 0 radical (unpaired) electrons. The van der Waals surface area contributed by atoms with Gasteiger partial charge in [0.05, 0.1) is 11.6 Å². The van der Waals surface area contributed by atoms with E-state index in [2.05, 4.69) is 4.98 Å². The standard InChI is InChI=1S/C30H32FNO4S/c1-19(2)35-25-13-12-20(17-23(25)31)14-15-30(22-9-3-4-10-22)18-24(33)28(29(34)36-30)37-26-11-5-7-21-8-6-16-32-27(21)26/h5-8,11-13,16-17,19,22,33H,3-4,9-10,14-15,18H2,1-2H3. The molecule has 2 heterocycles. The maximum atomic E-state index is 14.6. The summed E-state index contributed by atoms with van der Waals surface area (Å²) in [4.78, 5) is 18.8. The van der Waals surface area contributed by atoms with Gasteiger partial charge in [0, 0.05) is 22.9 Å². The highest BCUT2D eigenvalue weighted by Gasteiger charge is 2.48. The highest BCUT2D eigenvalue weighted by molar-refractivity contribution is 8.04. The van der Waals surface area contributed by atoms with Crippen molar-refractivity contribution in [3.63, 3.8) is 0 Å². The number of fused-ring (bicyclic) bond motifs is 1. The van der Waals surface area contributed by atoms with Crippen LogP contribution in [0, 0.1) is 11.7 Å². The molecule has 37 heavy (non-hydrogen) atoms. The Bertz CT molecular complexity index is 1330. The minimum Gasteiger partial charge on any atom is -0.511 e. The molecule has 0 bridgehead atoms. The summed E-state index contributed by atoms with van der Waals surface area (Å²) in [5.41, 5.74) is 0.789. The largest absolute Gasteiger partial charge is 0.511 e. The van der Waals surface area contributed by atoms with Gasteiger partial charge in [-0.3, -0.25) is 4.98 Å². The summed E-state index contributed by atoms with van der Waals surface area (Å²) in [6.45, 7) is 3.72. The molecule has 5 nitrogen and oxygen atoms in total. The third-order valence-electron chi connectivity index (χ3n) is 7.31. The molecule has 0 saturated heterocycles. The predicted octanol–water partition coefficient (Wildman–Crippen LogP) is 7.53. The second-order valence-corrected chi connectivity index (χ2v) is 11.3. The van der Waals surface area contributed by atoms with Crippen molar-refractivity contribution in [2.45, 2.75) is 75.4 Å². The Hall–Kier alpha value is -3.06. The molecule has 2 aromatic carbocycles. The van der Waals surface area contributed by atoms with Gasteiger partial charge in [0.15, 0.2) is 11.6 Å². The van der Waals surface area contributed by atoms with Gasteiger partial charge in [-0.05, 0) is 75.3 Å². The van der Waals surface area contributed by atoms with Crippen molar-refractivity contribution in [2.24, 2.45) is 5.92 Å². The van der Waals surface area contributed by atoms with Gasteiger partial charge >= 0.3 is 5.97 Å².